The summed E-state index contributed by atoms with van der Waals surface area (Å²) >= 11 is 9.72. The molecule has 2 aromatic carbocycles. The standard InChI is InChI=1S/C12H6BrClI.CHF3O3S/c13-9-5-1-3-7-8-4-2-6-10(14)12(8)15-11(7)9;2-1(3,4)8(5,6)7/h1-6H;(H,5,6,7)/q+1;/p-1. The van der Waals surface area contributed by atoms with Crippen LogP contribution in [-0.2, 0) is 10.1 Å². The average Bonchev–Trinajstić information content (AvgIpc) is 2.79. The Kier molecular flexibility index (Phi) is 5.66. The molecule has 1 aliphatic heterocycles. The van der Waals surface area contributed by atoms with Gasteiger partial charge in [0.15, 0.2) is 10.1 Å². The van der Waals surface area contributed by atoms with E-state index < -0.39 is 15.6 Å². The van der Waals surface area contributed by atoms with Crippen LogP contribution >= 0.6 is 27.5 Å². The summed E-state index contributed by atoms with van der Waals surface area (Å²) in [6, 6.07) is 12.6. The maximum Gasteiger partial charge on any atom is 0.485 e. The zero-order chi connectivity index (χ0) is 17.4. The van der Waals surface area contributed by atoms with Crippen molar-refractivity contribution in [3.8, 4) is 11.1 Å². The maximum absolute atomic E-state index is 10.7. The van der Waals surface area contributed by atoms with Gasteiger partial charge in [-0.1, -0.05) is 23.7 Å². The monoisotopic (exact) mass is 540 g/mol. The summed E-state index contributed by atoms with van der Waals surface area (Å²) in [6.07, 6.45) is 0. The van der Waals surface area contributed by atoms with E-state index >= 15 is 0 Å². The zero-order valence-corrected chi connectivity index (χ0v) is 16.2. The van der Waals surface area contributed by atoms with Gasteiger partial charge in [0.1, 0.15) is 0 Å². The Bertz CT molecular complexity index is 807. The van der Waals surface area contributed by atoms with Crippen molar-refractivity contribution >= 4 is 37.6 Å². The molecule has 0 atom stereocenters. The Labute approximate surface area is 154 Å². The lowest BCUT2D eigenvalue weighted by molar-refractivity contribution is -0.590. The quantitative estimate of drug-likeness (QED) is 0.245. The van der Waals surface area contributed by atoms with Crippen molar-refractivity contribution in [1.82, 2.24) is 0 Å². The molecular formula is C13H6BrClF3IO3S. The molecule has 23 heavy (non-hydrogen) atoms. The van der Waals surface area contributed by atoms with Gasteiger partial charge in [-0.05, 0) is 40.2 Å². The molecule has 0 aromatic heterocycles. The van der Waals surface area contributed by atoms with E-state index in [-0.39, 0.29) is 21.2 Å². The zero-order valence-electron chi connectivity index (χ0n) is 10.9. The van der Waals surface area contributed by atoms with Crippen molar-refractivity contribution in [1.29, 1.82) is 0 Å². The van der Waals surface area contributed by atoms with E-state index in [1.807, 2.05) is 12.1 Å². The van der Waals surface area contributed by atoms with Crippen LogP contribution in [-0.4, -0.2) is 18.5 Å². The molecule has 0 saturated carbocycles. The number of rotatable bonds is 0. The van der Waals surface area contributed by atoms with Gasteiger partial charge in [0.25, 0.3) is 0 Å². The smallest absolute Gasteiger partial charge is 0.485 e. The van der Waals surface area contributed by atoms with E-state index in [4.69, 9.17) is 24.6 Å². The van der Waals surface area contributed by atoms with Gasteiger partial charge in [0.05, 0.1) is 9.50 Å². The second kappa shape index (κ2) is 6.87. The number of hydrogen-bond donors (Lipinski definition) is 0. The van der Waals surface area contributed by atoms with Crippen LogP contribution in [0.15, 0.2) is 40.9 Å². The molecule has 0 bridgehead atoms. The highest BCUT2D eigenvalue weighted by atomic mass is 127. The van der Waals surface area contributed by atoms with Crippen LogP contribution in [0, 0.1) is 7.14 Å². The summed E-state index contributed by atoms with van der Waals surface area (Å²) in [5.41, 5.74) is -2.96. The van der Waals surface area contributed by atoms with Crippen molar-refractivity contribution < 1.29 is 47.3 Å². The van der Waals surface area contributed by atoms with Crippen LogP contribution in [0.25, 0.3) is 11.1 Å². The minimum atomic E-state index is -6.09. The number of fused-ring (bicyclic) bond motifs is 3. The topological polar surface area (TPSA) is 57.2 Å². The molecule has 3 rings (SSSR count). The van der Waals surface area contributed by atoms with Gasteiger partial charge in [0.2, 0.25) is 7.14 Å². The number of benzene rings is 2. The van der Waals surface area contributed by atoms with Gasteiger partial charge in [-0.3, -0.25) is 0 Å². The highest BCUT2D eigenvalue weighted by Gasteiger charge is 2.37. The first-order valence-electron chi connectivity index (χ1n) is 5.77. The summed E-state index contributed by atoms with van der Waals surface area (Å²) in [5.74, 6) is 0. The molecule has 1 heterocycles. The fourth-order valence-electron chi connectivity index (χ4n) is 1.71. The summed E-state index contributed by atoms with van der Waals surface area (Å²) in [5, 5.41) is 0.920. The summed E-state index contributed by atoms with van der Waals surface area (Å²) in [4.78, 5) is 0. The molecule has 0 radical (unpaired) electrons. The third kappa shape index (κ3) is 4.19. The van der Waals surface area contributed by atoms with Crippen molar-refractivity contribution in [3.63, 3.8) is 0 Å². The normalized spacial score (nSPS) is 13.0. The van der Waals surface area contributed by atoms with Crippen molar-refractivity contribution in [2.24, 2.45) is 0 Å². The first kappa shape index (κ1) is 19.0. The predicted molar refractivity (Wildman–Crippen MR) is 77.7 cm³/mol. The summed E-state index contributed by atoms with van der Waals surface area (Å²) in [7, 11) is -6.09. The van der Waals surface area contributed by atoms with E-state index in [0.717, 1.165) is 5.02 Å². The number of halogens is 6. The molecule has 0 spiro atoms. The molecule has 0 aliphatic carbocycles. The van der Waals surface area contributed by atoms with Crippen LogP contribution in [0.1, 0.15) is 0 Å². The molecule has 3 nitrogen and oxygen atoms in total. The molecule has 0 N–H and O–H groups in total. The lowest BCUT2D eigenvalue weighted by Crippen LogP contribution is -3.61. The van der Waals surface area contributed by atoms with E-state index in [9.17, 15) is 13.2 Å². The van der Waals surface area contributed by atoms with Gasteiger partial charge >= 0.3 is 26.7 Å². The van der Waals surface area contributed by atoms with Crippen molar-refractivity contribution in [2.45, 2.75) is 5.51 Å². The minimum Gasteiger partial charge on any atom is -0.741 e. The SMILES string of the molecule is Clc1cccc2c1[I+]c1c(Br)cccc1-2.O=S(=O)([O-])C(F)(F)F. The van der Waals surface area contributed by atoms with Crippen LogP contribution < -0.4 is 21.2 Å². The molecule has 124 valence electrons. The molecule has 2 aromatic rings. The van der Waals surface area contributed by atoms with Gasteiger partial charge in [-0.15, -0.1) is 0 Å². The van der Waals surface area contributed by atoms with Gasteiger partial charge in [-0.2, -0.15) is 13.2 Å². The number of hydrogen-bond acceptors (Lipinski definition) is 3. The second-order valence-electron chi connectivity index (χ2n) is 4.20. The highest BCUT2D eigenvalue weighted by Crippen LogP contribution is 2.28. The third-order valence-electron chi connectivity index (χ3n) is 2.67. The molecule has 10 heteroatoms. The van der Waals surface area contributed by atoms with E-state index in [2.05, 4.69) is 40.2 Å². The van der Waals surface area contributed by atoms with E-state index in [1.54, 1.807) is 0 Å². The fourth-order valence-corrected chi connectivity index (χ4v) is 5.93. The lowest BCUT2D eigenvalue weighted by atomic mass is 10.1. The predicted octanol–water partition coefficient (Wildman–Crippen LogP) is 1.26. The van der Waals surface area contributed by atoms with Crippen LogP contribution in [0.3, 0.4) is 0 Å². The lowest BCUT2D eigenvalue weighted by Gasteiger charge is -2.08. The van der Waals surface area contributed by atoms with Crippen LogP contribution in [0.2, 0.25) is 5.02 Å². The fraction of sp³-hybridized carbons (Fsp3) is 0.0769. The van der Waals surface area contributed by atoms with E-state index in [1.165, 1.54) is 22.7 Å². The summed E-state index contributed by atoms with van der Waals surface area (Å²) < 4.78 is 62.9. The molecule has 0 saturated heterocycles. The maximum atomic E-state index is 10.7. The Hall–Kier alpha value is -0.360. The average molecular weight is 542 g/mol. The first-order valence-corrected chi connectivity index (χ1v) is 10.5. The van der Waals surface area contributed by atoms with Gasteiger partial charge < -0.3 is 4.55 Å². The minimum absolute atomic E-state index is 0.119. The Balaban J connectivity index is 0.000000207. The molecular weight excluding hydrogens is 535 g/mol. The molecule has 0 fully saturated rings. The van der Waals surface area contributed by atoms with Crippen molar-refractivity contribution in [2.75, 3.05) is 0 Å². The first-order chi connectivity index (χ1) is 10.5. The second-order valence-corrected chi connectivity index (χ2v) is 9.53. The molecule has 0 amide bonds. The Morgan fingerprint density at radius 3 is 2.04 bits per heavy atom. The highest BCUT2D eigenvalue weighted by molar-refractivity contribution is 9.10. The van der Waals surface area contributed by atoms with Crippen LogP contribution in [0.4, 0.5) is 13.2 Å². The summed E-state index contributed by atoms with van der Waals surface area (Å²) in [6.45, 7) is 0. The molecule has 1 aliphatic rings. The Morgan fingerprint density at radius 2 is 1.52 bits per heavy atom. The Morgan fingerprint density at radius 1 is 1.04 bits per heavy atom. The van der Waals surface area contributed by atoms with Crippen molar-refractivity contribution in [3.05, 3.63) is 53.0 Å². The number of alkyl halides is 3. The largest absolute Gasteiger partial charge is 0.741 e. The van der Waals surface area contributed by atoms with Gasteiger partial charge in [0, 0.05) is 11.1 Å². The molecule has 0 unspecified atom stereocenters. The third-order valence-corrected chi connectivity index (χ3v) is 8.67. The van der Waals surface area contributed by atoms with Crippen LogP contribution in [0.5, 0.6) is 0 Å². The van der Waals surface area contributed by atoms with E-state index in [0.29, 0.717) is 0 Å². The van der Waals surface area contributed by atoms with Gasteiger partial charge in [-0.25, -0.2) is 8.42 Å².